The Labute approximate surface area is 125 Å². The van der Waals surface area contributed by atoms with Crippen LogP contribution in [0.4, 0.5) is 0 Å². The number of nitrogens with zero attached hydrogens (tertiary/aromatic N) is 4. The molecule has 2 aromatic rings. The molecule has 1 saturated heterocycles. The zero-order chi connectivity index (χ0) is 14.7. The van der Waals surface area contributed by atoms with Crippen molar-refractivity contribution < 1.29 is 4.74 Å². The van der Waals surface area contributed by atoms with Gasteiger partial charge in [0.1, 0.15) is 17.9 Å². The standard InChI is InChI=1S/C16H22N4O/c1-3-21-14-8-6-13(7-9-14)11-20-10-4-5-15(20)16-18-17-12-19(16)2/h6-9,12,15H,3-5,10-11H2,1-2H3. The molecule has 0 N–H and O–H groups in total. The normalized spacial score (nSPS) is 19.0. The van der Waals surface area contributed by atoms with Crippen LogP contribution in [-0.4, -0.2) is 32.8 Å². The van der Waals surface area contributed by atoms with Crippen LogP contribution in [0, 0.1) is 0 Å². The lowest BCUT2D eigenvalue weighted by Crippen LogP contribution is -2.24. The molecule has 3 rings (SSSR count). The van der Waals surface area contributed by atoms with Gasteiger partial charge in [-0.25, -0.2) is 0 Å². The van der Waals surface area contributed by atoms with Crippen molar-refractivity contribution in [3.63, 3.8) is 0 Å². The lowest BCUT2D eigenvalue weighted by Gasteiger charge is -2.23. The molecule has 1 aromatic heterocycles. The van der Waals surface area contributed by atoms with Crippen molar-refractivity contribution in [2.45, 2.75) is 32.4 Å². The van der Waals surface area contributed by atoms with Crippen LogP contribution in [0.15, 0.2) is 30.6 Å². The summed E-state index contributed by atoms with van der Waals surface area (Å²) in [5.41, 5.74) is 1.31. The van der Waals surface area contributed by atoms with Gasteiger partial charge in [-0.2, -0.15) is 0 Å². The van der Waals surface area contributed by atoms with Crippen molar-refractivity contribution in [3.05, 3.63) is 42.0 Å². The van der Waals surface area contributed by atoms with Gasteiger partial charge in [0.05, 0.1) is 12.6 Å². The van der Waals surface area contributed by atoms with Crippen molar-refractivity contribution >= 4 is 0 Å². The first-order valence-electron chi connectivity index (χ1n) is 7.57. The SMILES string of the molecule is CCOc1ccc(CN2CCCC2c2nncn2C)cc1. The second-order valence-electron chi connectivity index (χ2n) is 5.51. The molecule has 1 atom stereocenters. The lowest BCUT2D eigenvalue weighted by molar-refractivity contribution is 0.236. The van der Waals surface area contributed by atoms with Crippen molar-refractivity contribution in [1.29, 1.82) is 0 Å². The molecule has 0 aliphatic carbocycles. The fourth-order valence-electron chi connectivity index (χ4n) is 2.99. The van der Waals surface area contributed by atoms with Crippen LogP contribution in [0.1, 0.15) is 37.2 Å². The highest BCUT2D eigenvalue weighted by Gasteiger charge is 2.29. The Hall–Kier alpha value is -1.88. The number of benzene rings is 1. The van der Waals surface area contributed by atoms with Crippen LogP contribution < -0.4 is 4.74 Å². The Kier molecular flexibility index (Phi) is 4.20. The number of hydrogen-bond donors (Lipinski definition) is 0. The van der Waals surface area contributed by atoms with Gasteiger partial charge >= 0.3 is 0 Å². The molecule has 1 aliphatic rings. The minimum Gasteiger partial charge on any atom is -0.494 e. The molecule has 2 heterocycles. The predicted octanol–water partition coefficient (Wildman–Crippen LogP) is 2.55. The average Bonchev–Trinajstić information content (AvgIpc) is 3.10. The first-order valence-corrected chi connectivity index (χ1v) is 7.57. The number of likely N-dealkylation sites (tertiary alicyclic amines) is 1. The quantitative estimate of drug-likeness (QED) is 0.847. The highest BCUT2D eigenvalue weighted by Crippen LogP contribution is 2.31. The zero-order valence-electron chi connectivity index (χ0n) is 12.7. The maximum Gasteiger partial charge on any atom is 0.149 e. The maximum absolute atomic E-state index is 5.49. The number of aromatic nitrogens is 3. The van der Waals surface area contributed by atoms with E-state index in [4.69, 9.17) is 4.74 Å². The van der Waals surface area contributed by atoms with Gasteiger partial charge in [-0.3, -0.25) is 4.90 Å². The van der Waals surface area contributed by atoms with Crippen LogP contribution in [0.5, 0.6) is 5.75 Å². The molecule has 5 heteroatoms. The van der Waals surface area contributed by atoms with Crippen LogP contribution >= 0.6 is 0 Å². The molecule has 0 radical (unpaired) electrons. The van der Waals surface area contributed by atoms with Crippen molar-refractivity contribution in [2.24, 2.45) is 7.05 Å². The van der Waals surface area contributed by atoms with Gasteiger partial charge in [0, 0.05) is 13.6 Å². The summed E-state index contributed by atoms with van der Waals surface area (Å²) in [6, 6.07) is 8.77. The third-order valence-electron chi connectivity index (χ3n) is 4.03. The summed E-state index contributed by atoms with van der Waals surface area (Å²) in [5, 5.41) is 8.29. The maximum atomic E-state index is 5.49. The number of aryl methyl sites for hydroxylation is 1. The Balaban J connectivity index is 1.70. The molecule has 1 aliphatic heterocycles. The summed E-state index contributed by atoms with van der Waals surface area (Å²) in [4.78, 5) is 2.49. The topological polar surface area (TPSA) is 43.2 Å². The van der Waals surface area contributed by atoms with Gasteiger partial charge in [0.25, 0.3) is 0 Å². The van der Waals surface area contributed by atoms with Gasteiger partial charge in [-0.05, 0) is 44.0 Å². The van der Waals surface area contributed by atoms with Gasteiger partial charge < -0.3 is 9.30 Å². The summed E-state index contributed by atoms with van der Waals surface area (Å²) < 4.78 is 7.52. The molecule has 0 bridgehead atoms. The van der Waals surface area contributed by atoms with E-state index in [1.807, 2.05) is 30.7 Å². The molecule has 5 nitrogen and oxygen atoms in total. The molecular formula is C16H22N4O. The third kappa shape index (κ3) is 3.08. The number of rotatable bonds is 5. The van der Waals surface area contributed by atoms with Crippen LogP contribution in [0.25, 0.3) is 0 Å². The summed E-state index contributed by atoms with van der Waals surface area (Å²) in [6.07, 6.45) is 4.15. The molecule has 1 aromatic carbocycles. The largest absolute Gasteiger partial charge is 0.494 e. The smallest absolute Gasteiger partial charge is 0.149 e. The van der Waals surface area contributed by atoms with Crippen molar-refractivity contribution in [3.8, 4) is 5.75 Å². The van der Waals surface area contributed by atoms with E-state index < -0.39 is 0 Å². The fraction of sp³-hybridized carbons (Fsp3) is 0.500. The van der Waals surface area contributed by atoms with E-state index in [1.54, 1.807) is 6.33 Å². The highest BCUT2D eigenvalue weighted by atomic mass is 16.5. The fourth-order valence-corrected chi connectivity index (χ4v) is 2.99. The van der Waals surface area contributed by atoms with E-state index >= 15 is 0 Å². The van der Waals surface area contributed by atoms with Crippen LogP contribution in [0.2, 0.25) is 0 Å². The van der Waals surface area contributed by atoms with E-state index in [0.29, 0.717) is 12.6 Å². The van der Waals surface area contributed by atoms with E-state index in [9.17, 15) is 0 Å². The Bertz CT molecular complexity index is 578. The summed E-state index contributed by atoms with van der Waals surface area (Å²) in [5.74, 6) is 2.01. The second kappa shape index (κ2) is 6.26. The second-order valence-corrected chi connectivity index (χ2v) is 5.51. The van der Waals surface area contributed by atoms with Crippen molar-refractivity contribution in [2.75, 3.05) is 13.2 Å². The van der Waals surface area contributed by atoms with E-state index in [2.05, 4.69) is 27.2 Å². The first kappa shape index (κ1) is 14.1. The monoisotopic (exact) mass is 286 g/mol. The van der Waals surface area contributed by atoms with Crippen LogP contribution in [0.3, 0.4) is 0 Å². The molecule has 0 amide bonds. The average molecular weight is 286 g/mol. The first-order chi connectivity index (χ1) is 10.3. The van der Waals surface area contributed by atoms with Crippen molar-refractivity contribution in [1.82, 2.24) is 19.7 Å². The van der Waals surface area contributed by atoms with Gasteiger partial charge in [0.15, 0.2) is 0 Å². The molecule has 0 spiro atoms. The molecular weight excluding hydrogens is 264 g/mol. The Morgan fingerprint density at radius 3 is 2.76 bits per heavy atom. The zero-order valence-corrected chi connectivity index (χ0v) is 12.7. The highest BCUT2D eigenvalue weighted by molar-refractivity contribution is 5.27. The number of ether oxygens (including phenoxy) is 1. The molecule has 0 saturated carbocycles. The Morgan fingerprint density at radius 2 is 2.10 bits per heavy atom. The van der Waals surface area contributed by atoms with E-state index in [1.165, 1.54) is 12.0 Å². The molecule has 1 fully saturated rings. The van der Waals surface area contributed by atoms with Gasteiger partial charge in [-0.1, -0.05) is 12.1 Å². The van der Waals surface area contributed by atoms with Gasteiger partial charge in [-0.15, -0.1) is 10.2 Å². The summed E-state index contributed by atoms with van der Waals surface area (Å²) >= 11 is 0. The number of hydrogen-bond acceptors (Lipinski definition) is 4. The third-order valence-corrected chi connectivity index (χ3v) is 4.03. The minimum atomic E-state index is 0.379. The summed E-state index contributed by atoms with van der Waals surface area (Å²) in [7, 11) is 2.02. The molecule has 1 unspecified atom stereocenters. The predicted molar refractivity (Wildman–Crippen MR) is 81.0 cm³/mol. The lowest BCUT2D eigenvalue weighted by atomic mass is 10.1. The van der Waals surface area contributed by atoms with E-state index in [0.717, 1.165) is 31.1 Å². The molecule has 21 heavy (non-hydrogen) atoms. The Morgan fingerprint density at radius 1 is 1.29 bits per heavy atom. The van der Waals surface area contributed by atoms with E-state index in [-0.39, 0.29) is 0 Å². The minimum absolute atomic E-state index is 0.379. The summed E-state index contributed by atoms with van der Waals surface area (Å²) in [6.45, 7) is 4.78. The van der Waals surface area contributed by atoms with Crippen LogP contribution in [-0.2, 0) is 13.6 Å². The molecule has 112 valence electrons. The van der Waals surface area contributed by atoms with Gasteiger partial charge in [0.2, 0.25) is 0 Å².